The molecule has 5 heteroatoms. The van der Waals surface area contributed by atoms with Crippen molar-refractivity contribution in [3.63, 3.8) is 0 Å². The Bertz CT molecular complexity index is 785. The molecule has 3 rings (SSSR count). The Morgan fingerprint density at radius 3 is 2.42 bits per heavy atom. The van der Waals surface area contributed by atoms with Crippen LogP contribution in [0.1, 0.15) is 28.6 Å². The van der Waals surface area contributed by atoms with Gasteiger partial charge in [0.2, 0.25) is 0 Å². The summed E-state index contributed by atoms with van der Waals surface area (Å²) < 4.78 is 1.66. The van der Waals surface area contributed by atoms with Crippen LogP contribution in [-0.4, -0.2) is 27.3 Å². The van der Waals surface area contributed by atoms with Crippen LogP contribution in [0.5, 0.6) is 0 Å². The average molecular weight is 321 g/mol. The molecule has 0 aliphatic rings. The lowest BCUT2D eigenvalue weighted by molar-refractivity contribution is 0.0937. The Hall–Kier alpha value is -2.92. The van der Waals surface area contributed by atoms with Gasteiger partial charge in [-0.1, -0.05) is 48.5 Å². The lowest BCUT2D eigenvalue weighted by atomic mass is 10.1. The number of aromatic nitrogens is 2. The van der Waals surface area contributed by atoms with Crippen LogP contribution < -0.4 is 5.32 Å². The molecule has 24 heavy (non-hydrogen) atoms. The first-order valence-corrected chi connectivity index (χ1v) is 7.86. The van der Waals surface area contributed by atoms with Crippen LogP contribution in [0.25, 0.3) is 5.69 Å². The maximum Gasteiger partial charge on any atom is 0.271 e. The molecular weight excluding hydrogens is 302 g/mol. The summed E-state index contributed by atoms with van der Waals surface area (Å²) in [5.74, 6) is -0.245. The Morgan fingerprint density at radius 2 is 1.71 bits per heavy atom. The summed E-state index contributed by atoms with van der Waals surface area (Å²) >= 11 is 0. The zero-order valence-corrected chi connectivity index (χ0v) is 13.2. The monoisotopic (exact) mass is 321 g/mol. The van der Waals surface area contributed by atoms with E-state index in [9.17, 15) is 9.90 Å². The van der Waals surface area contributed by atoms with Crippen LogP contribution in [0, 0.1) is 0 Å². The molecule has 0 aliphatic heterocycles. The molecule has 0 radical (unpaired) electrons. The van der Waals surface area contributed by atoms with Crippen LogP contribution in [0.2, 0.25) is 0 Å². The third-order valence-corrected chi connectivity index (χ3v) is 3.73. The number of para-hydroxylation sites is 1. The normalized spacial score (nSPS) is 11.9. The SMILES string of the molecule is O=C(NCCC(O)c1ccccc1)c1ccn(-c2ccccc2)n1. The average Bonchev–Trinajstić information content (AvgIpc) is 3.13. The minimum Gasteiger partial charge on any atom is -0.388 e. The molecule has 1 unspecified atom stereocenters. The van der Waals surface area contributed by atoms with Gasteiger partial charge in [-0.3, -0.25) is 4.79 Å². The Balaban J connectivity index is 1.53. The molecular formula is C19H19N3O2. The van der Waals surface area contributed by atoms with E-state index in [-0.39, 0.29) is 5.91 Å². The largest absolute Gasteiger partial charge is 0.388 e. The molecule has 1 amide bonds. The summed E-state index contributed by atoms with van der Waals surface area (Å²) in [6, 6.07) is 20.7. The molecule has 0 spiro atoms. The van der Waals surface area contributed by atoms with Crippen LogP contribution in [-0.2, 0) is 0 Å². The van der Waals surface area contributed by atoms with Gasteiger partial charge >= 0.3 is 0 Å². The number of hydrogen-bond acceptors (Lipinski definition) is 3. The van der Waals surface area contributed by atoms with Gasteiger partial charge in [-0.2, -0.15) is 5.10 Å². The number of nitrogens with one attached hydrogen (secondary N) is 1. The van der Waals surface area contributed by atoms with Crippen molar-refractivity contribution in [1.82, 2.24) is 15.1 Å². The minimum absolute atomic E-state index is 0.245. The van der Waals surface area contributed by atoms with Crippen molar-refractivity contribution >= 4 is 5.91 Å². The van der Waals surface area contributed by atoms with Crippen molar-refractivity contribution in [2.45, 2.75) is 12.5 Å². The molecule has 0 fully saturated rings. The van der Waals surface area contributed by atoms with Crippen molar-refractivity contribution < 1.29 is 9.90 Å². The zero-order chi connectivity index (χ0) is 16.8. The maximum absolute atomic E-state index is 12.1. The topological polar surface area (TPSA) is 67.2 Å². The second-order valence-electron chi connectivity index (χ2n) is 5.45. The van der Waals surface area contributed by atoms with Gasteiger partial charge in [0.15, 0.2) is 5.69 Å². The molecule has 1 aromatic heterocycles. The Labute approximate surface area is 140 Å². The molecule has 1 atom stereocenters. The van der Waals surface area contributed by atoms with Crippen molar-refractivity contribution in [2.75, 3.05) is 6.54 Å². The van der Waals surface area contributed by atoms with Crippen LogP contribution >= 0.6 is 0 Å². The highest BCUT2D eigenvalue weighted by atomic mass is 16.3. The van der Waals surface area contributed by atoms with Gasteiger partial charge in [0.1, 0.15) is 0 Å². The van der Waals surface area contributed by atoms with Gasteiger partial charge in [0.05, 0.1) is 11.8 Å². The summed E-state index contributed by atoms with van der Waals surface area (Å²) in [5.41, 5.74) is 2.10. The summed E-state index contributed by atoms with van der Waals surface area (Å²) in [4.78, 5) is 12.1. The van der Waals surface area contributed by atoms with E-state index in [4.69, 9.17) is 0 Å². The van der Waals surface area contributed by atoms with Crippen molar-refractivity contribution in [1.29, 1.82) is 0 Å². The highest BCUT2D eigenvalue weighted by Gasteiger charge is 2.11. The van der Waals surface area contributed by atoms with Crippen LogP contribution in [0.4, 0.5) is 0 Å². The standard InChI is InChI=1S/C19H19N3O2/c23-18(15-7-3-1-4-8-15)11-13-20-19(24)17-12-14-22(21-17)16-9-5-2-6-10-16/h1-10,12,14,18,23H,11,13H2,(H,20,24). The molecule has 0 bridgehead atoms. The van der Waals surface area contributed by atoms with E-state index < -0.39 is 6.10 Å². The molecule has 0 aliphatic carbocycles. The molecule has 2 N–H and O–H groups in total. The quantitative estimate of drug-likeness (QED) is 0.733. The summed E-state index contributed by atoms with van der Waals surface area (Å²) in [6.45, 7) is 0.382. The molecule has 0 saturated carbocycles. The number of nitrogens with zero attached hydrogens (tertiary/aromatic N) is 2. The van der Waals surface area contributed by atoms with E-state index in [0.29, 0.717) is 18.7 Å². The maximum atomic E-state index is 12.1. The second-order valence-corrected chi connectivity index (χ2v) is 5.45. The minimum atomic E-state index is -0.589. The van der Waals surface area contributed by atoms with Crippen molar-refractivity contribution in [3.05, 3.63) is 84.2 Å². The molecule has 2 aromatic carbocycles. The first kappa shape index (κ1) is 16.0. The number of hydrogen-bond donors (Lipinski definition) is 2. The lowest BCUT2D eigenvalue weighted by Gasteiger charge is -2.11. The third kappa shape index (κ3) is 3.88. The van der Waals surface area contributed by atoms with E-state index in [1.165, 1.54) is 0 Å². The fraction of sp³-hybridized carbons (Fsp3) is 0.158. The van der Waals surface area contributed by atoms with Crippen molar-refractivity contribution in [2.24, 2.45) is 0 Å². The lowest BCUT2D eigenvalue weighted by Crippen LogP contribution is -2.26. The highest BCUT2D eigenvalue weighted by molar-refractivity contribution is 5.92. The summed E-state index contributed by atoms with van der Waals surface area (Å²) in [7, 11) is 0. The number of aliphatic hydroxyl groups excluding tert-OH is 1. The van der Waals surface area contributed by atoms with Gasteiger partial charge in [0.25, 0.3) is 5.91 Å². The van der Waals surface area contributed by atoms with E-state index in [1.54, 1.807) is 16.9 Å². The molecule has 0 saturated heterocycles. The van der Waals surface area contributed by atoms with Gasteiger partial charge in [0, 0.05) is 12.7 Å². The predicted octanol–water partition coefficient (Wildman–Crippen LogP) is 2.73. The summed E-state index contributed by atoms with van der Waals surface area (Å²) in [6.07, 6.45) is 1.62. The Kier molecular flexibility index (Phi) is 5.03. The molecule has 3 aromatic rings. The van der Waals surface area contributed by atoms with Gasteiger partial charge in [-0.15, -0.1) is 0 Å². The smallest absolute Gasteiger partial charge is 0.271 e. The van der Waals surface area contributed by atoms with E-state index in [2.05, 4.69) is 10.4 Å². The van der Waals surface area contributed by atoms with Crippen LogP contribution in [0.3, 0.4) is 0 Å². The van der Waals surface area contributed by atoms with Crippen LogP contribution in [0.15, 0.2) is 72.9 Å². The first-order valence-electron chi connectivity index (χ1n) is 7.86. The number of carbonyl (C=O) groups is 1. The number of aliphatic hydroxyl groups is 1. The van der Waals surface area contributed by atoms with Gasteiger partial charge in [-0.25, -0.2) is 4.68 Å². The van der Waals surface area contributed by atoms with Gasteiger partial charge in [-0.05, 0) is 30.2 Å². The van der Waals surface area contributed by atoms with Gasteiger partial charge < -0.3 is 10.4 Å². The zero-order valence-electron chi connectivity index (χ0n) is 13.2. The van der Waals surface area contributed by atoms with E-state index in [1.807, 2.05) is 60.7 Å². The number of carbonyl (C=O) groups excluding carboxylic acids is 1. The molecule has 122 valence electrons. The predicted molar refractivity (Wildman–Crippen MR) is 91.9 cm³/mol. The molecule has 1 heterocycles. The van der Waals surface area contributed by atoms with Crippen molar-refractivity contribution in [3.8, 4) is 5.69 Å². The second kappa shape index (κ2) is 7.57. The fourth-order valence-electron chi connectivity index (χ4n) is 2.42. The first-order chi connectivity index (χ1) is 11.7. The van der Waals surface area contributed by atoms with E-state index >= 15 is 0 Å². The van der Waals surface area contributed by atoms with E-state index in [0.717, 1.165) is 11.3 Å². The highest BCUT2D eigenvalue weighted by Crippen LogP contribution is 2.15. The number of benzene rings is 2. The number of rotatable bonds is 6. The molecule has 5 nitrogen and oxygen atoms in total. The summed E-state index contributed by atoms with van der Waals surface area (Å²) in [5, 5.41) is 17.2. The number of amides is 1. The third-order valence-electron chi connectivity index (χ3n) is 3.73. The fourth-order valence-corrected chi connectivity index (χ4v) is 2.42. The Morgan fingerprint density at radius 1 is 1.04 bits per heavy atom.